The summed E-state index contributed by atoms with van der Waals surface area (Å²) in [6, 6.07) is 0.0714. The van der Waals surface area contributed by atoms with Crippen molar-refractivity contribution in [2.45, 2.75) is 31.8 Å². The smallest absolute Gasteiger partial charge is 0.409 e. The van der Waals surface area contributed by atoms with Crippen molar-refractivity contribution < 1.29 is 19.4 Å². The van der Waals surface area contributed by atoms with E-state index in [0.717, 1.165) is 0 Å². The Morgan fingerprint density at radius 1 is 1.33 bits per heavy atom. The highest BCUT2D eigenvalue weighted by Gasteiger charge is 2.41. The summed E-state index contributed by atoms with van der Waals surface area (Å²) in [5.74, 6) is 1.28. The zero-order valence-electron chi connectivity index (χ0n) is 18.8. The molecule has 13 heteroatoms. The van der Waals surface area contributed by atoms with Gasteiger partial charge in [-0.25, -0.2) is 14.8 Å². The first-order valence-corrected chi connectivity index (χ1v) is 10.9. The second-order valence-corrected chi connectivity index (χ2v) is 8.16. The summed E-state index contributed by atoms with van der Waals surface area (Å²) < 4.78 is 10.6. The molecule has 0 radical (unpaired) electrons. The average Bonchev–Trinajstić information content (AvgIpc) is 3.24. The zero-order valence-corrected chi connectivity index (χ0v) is 18.8. The third-order valence-electron chi connectivity index (χ3n) is 5.74. The molecule has 2 aliphatic rings. The zero-order chi connectivity index (χ0) is 23.4. The van der Waals surface area contributed by atoms with Gasteiger partial charge in [-0.3, -0.25) is 0 Å². The van der Waals surface area contributed by atoms with Crippen LogP contribution in [0.2, 0.25) is 0 Å². The van der Waals surface area contributed by atoms with Crippen molar-refractivity contribution in [1.82, 2.24) is 29.8 Å². The highest BCUT2D eigenvalue weighted by atomic mass is 16.6. The number of aromatic nitrogens is 5. The van der Waals surface area contributed by atoms with E-state index in [-0.39, 0.29) is 37.7 Å². The molecule has 0 bridgehead atoms. The fraction of sp³-hybridized carbons (Fsp3) is 0.600. The molecule has 2 aromatic rings. The number of amides is 1. The third kappa shape index (κ3) is 5.03. The molecular formula is C20H29N9O4. The molecule has 0 unspecified atom stereocenters. The Hall–Kier alpha value is -3.32. The van der Waals surface area contributed by atoms with Gasteiger partial charge in [-0.15, -0.1) is 0 Å². The van der Waals surface area contributed by atoms with E-state index < -0.39 is 11.6 Å². The molecule has 0 spiro atoms. The predicted octanol–water partition coefficient (Wildman–Crippen LogP) is 0.141. The van der Waals surface area contributed by atoms with Gasteiger partial charge in [-0.05, 0) is 20.3 Å². The first kappa shape index (κ1) is 22.9. The fourth-order valence-corrected chi connectivity index (χ4v) is 3.91. The number of nitrogens with two attached hydrogens (primary N) is 1. The number of ether oxygens (including phenoxy) is 2. The van der Waals surface area contributed by atoms with Crippen LogP contribution in [0.5, 0.6) is 0 Å². The second-order valence-electron chi connectivity index (χ2n) is 8.16. The number of hydrogen-bond donors (Lipinski definition) is 3. The molecule has 2 aliphatic heterocycles. The molecule has 0 aromatic carbocycles. The molecule has 1 amide bonds. The van der Waals surface area contributed by atoms with Crippen molar-refractivity contribution in [3.8, 4) is 11.4 Å². The highest BCUT2D eigenvalue weighted by molar-refractivity contribution is 5.68. The summed E-state index contributed by atoms with van der Waals surface area (Å²) in [6.07, 6.45) is 3.20. The van der Waals surface area contributed by atoms with Crippen molar-refractivity contribution in [1.29, 1.82) is 0 Å². The second kappa shape index (κ2) is 9.67. The van der Waals surface area contributed by atoms with Crippen molar-refractivity contribution in [2.24, 2.45) is 0 Å². The van der Waals surface area contributed by atoms with Gasteiger partial charge in [0.1, 0.15) is 0 Å². The SMILES string of the molecule is CCOC(=O)N1CC[C@](CO)(Nc2nc(-c3cnc(N)nc3)nc(N3CCOC[C@@H]3C)n2)C1. The van der Waals surface area contributed by atoms with E-state index in [9.17, 15) is 9.90 Å². The largest absolute Gasteiger partial charge is 0.450 e. The van der Waals surface area contributed by atoms with Gasteiger partial charge in [0.15, 0.2) is 5.82 Å². The monoisotopic (exact) mass is 459 g/mol. The number of likely N-dealkylation sites (tertiary alicyclic amines) is 1. The summed E-state index contributed by atoms with van der Waals surface area (Å²) in [4.78, 5) is 37.7. The van der Waals surface area contributed by atoms with Crippen molar-refractivity contribution in [3.63, 3.8) is 0 Å². The molecule has 0 aliphatic carbocycles. The van der Waals surface area contributed by atoms with Crippen LogP contribution in [0.1, 0.15) is 20.3 Å². The minimum atomic E-state index is -0.809. The minimum Gasteiger partial charge on any atom is -0.450 e. The molecule has 2 aromatic heterocycles. The number of anilines is 3. The van der Waals surface area contributed by atoms with Gasteiger partial charge in [0, 0.05) is 32.0 Å². The van der Waals surface area contributed by atoms with Crippen LogP contribution in [0.4, 0.5) is 22.6 Å². The maximum atomic E-state index is 12.2. The summed E-state index contributed by atoms with van der Waals surface area (Å²) >= 11 is 0. The predicted molar refractivity (Wildman–Crippen MR) is 120 cm³/mol. The van der Waals surface area contributed by atoms with Gasteiger partial charge < -0.3 is 35.4 Å². The number of carbonyl (C=O) groups excluding carboxylic acids is 1. The number of aliphatic hydroxyl groups is 1. The van der Waals surface area contributed by atoms with Crippen molar-refractivity contribution in [3.05, 3.63) is 12.4 Å². The summed E-state index contributed by atoms with van der Waals surface area (Å²) in [5, 5.41) is 13.5. The van der Waals surface area contributed by atoms with Crippen LogP contribution in [0.3, 0.4) is 0 Å². The topological polar surface area (TPSA) is 165 Å². The number of aliphatic hydroxyl groups excluding tert-OH is 1. The average molecular weight is 460 g/mol. The first-order chi connectivity index (χ1) is 15.9. The van der Waals surface area contributed by atoms with E-state index in [2.05, 4.69) is 30.2 Å². The van der Waals surface area contributed by atoms with E-state index in [4.69, 9.17) is 15.2 Å². The highest BCUT2D eigenvalue weighted by Crippen LogP contribution is 2.28. The van der Waals surface area contributed by atoms with Gasteiger partial charge in [-0.1, -0.05) is 0 Å². The van der Waals surface area contributed by atoms with E-state index in [1.54, 1.807) is 24.2 Å². The number of rotatable bonds is 6. The number of morpholine rings is 1. The Kier molecular flexibility index (Phi) is 6.70. The normalized spacial score (nSPS) is 22.9. The Labute approximate surface area is 191 Å². The van der Waals surface area contributed by atoms with Gasteiger partial charge >= 0.3 is 6.09 Å². The lowest BCUT2D eigenvalue weighted by Crippen LogP contribution is -2.47. The molecular weight excluding hydrogens is 430 g/mol. The standard InChI is InChI=1S/C20H29N9O4/c1-3-33-19(31)28-5-4-20(11-28,12-30)27-17-24-15(14-8-22-16(21)23-9-14)25-18(26-17)29-6-7-32-10-13(29)2/h8-9,13,30H,3-7,10-12H2,1-2H3,(H2,21,22,23)(H,24,25,26,27)/t13-,20-/m0/s1. The molecule has 0 saturated carbocycles. The van der Waals surface area contributed by atoms with Gasteiger partial charge in [-0.2, -0.15) is 15.0 Å². The lowest BCUT2D eigenvalue weighted by molar-refractivity contribution is 0.0981. The Bertz CT molecular complexity index is 977. The van der Waals surface area contributed by atoms with Crippen molar-refractivity contribution in [2.75, 3.05) is 62.0 Å². The lowest BCUT2D eigenvalue weighted by atomic mass is 10.0. The van der Waals surface area contributed by atoms with E-state index >= 15 is 0 Å². The fourth-order valence-electron chi connectivity index (χ4n) is 3.91. The maximum Gasteiger partial charge on any atom is 0.409 e. The van der Waals surface area contributed by atoms with Gasteiger partial charge in [0.2, 0.25) is 17.8 Å². The van der Waals surface area contributed by atoms with E-state index in [1.165, 1.54) is 0 Å². The number of nitrogens with one attached hydrogen (secondary N) is 1. The Morgan fingerprint density at radius 3 is 2.82 bits per heavy atom. The van der Waals surface area contributed by atoms with Gasteiger partial charge in [0.25, 0.3) is 0 Å². The molecule has 4 heterocycles. The molecule has 2 fully saturated rings. The number of carbonyl (C=O) groups is 1. The summed E-state index contributed by atoms with van der Waals surface area (Å²) in [6.45, 7) is 6.33. The van der Waals surface area contributed by atoms with Gasteiger partial charge in [0.05, 0.1) is 43.6 Å². The van der Waals surface area contributed by atoms with Crippen LogP contribution in [0.15, 0.2) is 12.4 Å². The number of nitrogens with zero attached hydrogens (tertiary/aromatic N) is 7. The van der Waals surface area contributed by atoms with Crippen LogP contribution in [-0.2, 0) is 9.47 Å². The van der Waals surface area contributed by atoms with Crippen LogP contribution < -0.4 is 16.0 Å². The third-order valence-corrected chi connectivity index (χ3v) is 5.74. The number of nitrogen functional groups attached to an aromatic ring is 1. The summed E-state index contributed by atoms with van der Waals surface area (Å²) in [7, 11) is 0. The molecule has 13 nitrogen and oxygen atoms in total. The maximum absolute atomic E-state index is 12.2. The van der Waals surface area contributed by atoms with Crippen molar-refractivity contribution >= 4 is 23.9 Å². The quantitative estimate of drug-likeness (QED) is 0.536. The minimum absolute atomic E-state index is 0.0714. The molecule has 4 N–H and O–H groups in total. The molecule has 178 valence electrons. The van der Waals surface area contributed by atoms with Crippen LogP contribution in [-0.4, -0.2) is 98.7 Å². The lowest BCUT2D eigenvalue weighted by Gasteiger charge is -2.34. The molecule has 2 atom stereocenters. The molecule has 2 saturated heterocycles. The molecule has 4 rings (SSSR count). The Balaban J connectivity index is 1.66. The van der Waals surface area contributed by atoms with Crippen LogP contribution in [0, 0.1) is 0 Å². The number of hydrogen-bond acceptors (Lipinski definition) is 12. The molecule has 33 heavy (non-hydrogen) atoms. The van der Waals surface area contributed by atoms with E-state index in [1.807, 2.05) is 11.8 Å². The summed E-state index contributed by atoms with van der Waals surface area (Å²) in [5.41, 5.74) is 5.39. The van der Waals surface area contributed by atoms with Crippen LogP contribution >= 0.6 is 0 Å². The van der Waals surface area contributed by atoms with Crippen LogP contribution in [0.25, 0.3) is 11.4 Å². The Morgan fingerprint density at radius 2 is 2.12 bits per heavy atom. The van der Waals surface area contributed by atoms with E-state index in [0.29, 0.717) is 50.1 Å². The first-order valence-electron chi connectivity index (χ1n) is 10.9.